The molecule has 4 aromatic carbocycles. The van der Waals surface area contributed by atoms with E-state index >= 15 is 0 Å². The number of amides is 4. The number of aromatic nitrogens is 5. The van der Waals surface area contributed by atoms with Crippen LogP contribution in [-0.2, 0) is 41.7 Å². The second-order valence-electron chi connectivity index (χ2n) is 18.7. The quantitative estimate of drug-likeness (QED) is 0.0436. The number of nitrogens with zero attached hydrogens (tertiary/aromatic N) is 7. The van der Waals surface area contributed by atoms with Gasteiger partial charge in [-0.25, -0.2) is 23.4 Å². The van der Waals surface area contributed by atoms with Gasteiger partial charge in [-0.2, -0.15) is 0 Å². The topological polar surface area (TPSA) is 216 Å². The van der Waals surface area contributed by atoms with E-state index in [0.29, 0.717) is 89.2 Å². The summed E-state index contributed by atoms with van der Waals surface area (Å²) in [6, 6.07) is 21.6. The molecule has 21 heteroatoms. The fourth-order valence-electron chi connectivity index (χ4n) is 9.82. The molecular formula is C54H54ClF2N11O7. The first-order valence-electron chi connectivity index (χ1n) is 25.0. The van der Waals surface area contributed by atoms with Crippen molar-refractivity contribution in [3.8, 4) is 22.5 Å². The Balaban J connectivity index is 0.586. The van der Waals surface area contributed by atoms with Crippen molar-refractivity contribution in [1.29, 1.82) is 0 Å². The summed E-state index contributed by atoms with van der Waals surface area (Å²) in [6.07, 6.45) is 8.25. The molecule has 1 atom stereocenters. The number of aliphatic imine (C=N–C) groups is 1. The molecule has 0 radical (unpaired) electrons. The van der Waals surface area contributed by atoms with Crippen LogP contribution in [0.3, 0.4) is 0 Å². The van der Waals surface area contributed by atoms with E-state index in [9.17, 15) is 28.0 Å². The van der Waals surface area contributed by atoms with E-state index < -0.39 is 23.6 Å². The maximum absolute atomic E-state index is 15.0. The number of nitrogens with one attached hydrogen (secondary N) is 4. The fraction of sp³-hybridized carbons (Fsp3) is 0.352. The van der Waals surface area contributed by atoms with E-state index in [1.807, 2.05) is 35.1 Å². The van der Waals surface area contributed by atoms with E-state index in [1.54, 1.807) is 42.6 Å². The molecule has 4 amide bonds. The zero-order chi connectivity index (χ0) is 51.8. The smallest absolute Gasteiger partial charge is 0.255 e. The largest absolute Gasteiger partial charge is 0.379 e. The SMILES string of the molecule is O=C1CCC(N2Cc3cc(NC(=O)CCOCCOCCOCCN[C@H]4CC[C@@H](n5cc(-c6ccc(Nc7ncc8c(n7)-c7ccc(Cl)cc7C(c7c(F)cccc7F)=NC8)cc6)nn5)CC4)ccc3C2=O)C(=O)N1. The van der Waals surface area contributed by atoms with Gasteiger partial charge in [-0.3, -0.25) is 29.5 Å². The van der Waals surface area contributed by atoms with Crippen LogP contribution in [0.25, 0.3) is 22.5 Å². The Morgan fingerprint density at radius 1 is 0.800 bits per heavy atom. The average Bonchev–Trinajstić information content (AvgIpc) is 3.99. The normalized spacial score (nSPS) is 18.2. The van der Waals surface area contributed by atoms with Gasteiger partial charge >= 0.3 is 0 Å². The first kappa shape index (κ1) is 51.1. The number of piperidine rings is 1. The Bertz CT molecular complexity index is 3110. The van der Waals surface area contributed by atoms with Crippen molar-refractivity contribution in [1.82, 2.24) is 40.5 Å². The number of fused-ring (bicyclic) bond motifs is 4. The summed E-state index contributed by atoms with van der Waals surface area (Å²) in [5.74, 6) is -2.39. The highest BCUT2D eigenvalue weighted by Gasteiger charge is 2.39. The number of rotatable bonds is 20. The van der Waals surface area contributed by atoms with Crippen LogP contribution in [0.15, 0.2) is 96.2 Å². The number of hydrogen-bond acceptors (Lipinski definition) is 14. The molecule has 2 aromatic heterocycles. The lowest BCUT2D eigenvalue weighted by atomic mass is 9.91. The highest BCUT2D eigenvalue weighted by Crippen LogP contribution is 2.36. The molecule has 0 bridgehead atoms. The van der Waals surface area contributed by atoms with Crippen molar-refractivity contribution in [3.05, 3.63) is 136 Å². The van der Waals surface area contributed by atoms with Crippen molar-refractivity contribution < 1.29 is 42.2 Å². The molecule has 1 aliphatic carbocycles. The van der Waals surface area contributed by atoms with Crippen LogP contribution in [0.4, 0.5) is 26.1 Å². The van der Waals surface area contributed by atoms with Crippen molar-refractivity contribution in [2.75, 3.05) is 56.8 Å². The Hall–Kier alpha value is -7.36. The average molecular weight is 1040 g/mol. The number of halogens is 3. The molecular weight excluding hydrogens is 988 g/mol. The van der Waals surface area contributed by atoms with Gasteiger partial charge in [0.25, 0.3) is 5.91 Å². The molecule has 2 fully saturated rings. The van der Waals surface area contributed by atoms with E-state index in [1.165, 1.54) is 23.1 Å². The van der Waals surface area contributed by atoms with Gasteiger partial charge in [0.2, 0.25) is 23.7 Å². The Morgan fingerprint density at radius 3 is 2.31 bits per heavy atom. The first-order chi connectivity index (χ1) is 36.5. The number of anilines is 3. The summed E-state index contributed by atoms with van der Waals surface area (Å²) in [5.41, 5.74) is 6.51. The zero-order valence-electron chi connectivity index (χ0n) is 40.8. The Kier molecular flexibility index (Phi) is 16.0. The summed E-state index contributed by atoms with van der Waals surface area (Å²) in [5, 5.41) is 21.4. The van der Waals surface area contributed by atoms with Crippen LogP contribution in [0.2, 0.25) is 5.02 Å². The minimum Gasteiger partial charge on any atom is -0.379 e. The van der Waals surface area contributed by atoms with Gasteiger partial charge in [0.15, 0.2) is 0 Å². The molecule has 0 spiro atoms. The van der Waals surface area contributed by atoms with Crippen molar-refractivity contribution in [2.45, 2.75) is 76.2 Å². The maximum atomic E-state index is 15.0. The second-order valence-corrected chi connectivity index (χ2v) is 19.1. The molecule has 4 aliphatic rings. The predicted molar refractivity (Wildman–Crippen MR) is 274 cm³/mol. The molecule has 3 aliphatic heterocycles. The second kappa shape index (κ2) is 23.5. The predicted octanol–water partition coefficient (Wildman–Crippen LogP) is 7.34. The lowest BCUT2D eigenvalue weighted by molar-refractivity contribution is -0.137. The van der Waals surface area contributed by atoms with Gasteiger partial charge in [-0.15, -0.1) is 5.10 Å². The highest BCUT2D eigenvalue weighted by atomic mass is 35.5. The number of benzene rings is 4. The number of carbonyl (C=O) groups excluding carboxylic acids is 4. The van der Waals surface area contributed by atoms with E-state index in [0.717, 1.165) is 49.2 Å². The van der Waals surface area contributed by atoms with Crippen LogP contribution in [0.5, 0.6) is 0 Å². The summed E-state index contributed by atoms with van der Waals surface area (Å²) in [4.78, 5) is 64.8. The molecule has 75 heavy (non-hydrogen) atoms. The first-order valence-corrected chi connectivity index (χ1v) is 25.4. The van der Waals surface area contributed by atoms with Crippen LogP contribution in [0.1, 0.15) is 83.6 Å². The molecule has 18 nitrogen and oxygen atoms in total. The molecule has 1 saturated carbocycles. The van der Waals surface area contributed by atoms with Crippen LogP contribution in [0, 0.1) is 11.6 Å². The minimum atomic E-state index is -0.718. The zero-order valence-corrected chi connectivity index (χ0v) is 41.6. The molecule has 1 unspecified atom stereocenters. The third-order valence-electron chi connectivity index (χ3n) is 13.7. The summed E-state index contributed by atoms with van der Waals surface area (Å²) in [6.45, 7) is 3.47. The van der Waals surface area contributed by atoms with Crippen LogP contribution >= 0.6 is 11.6 Å². The molecule has 388 valence electrons. The Morgan fingerprint density at radius 2 is 1.53 bits per heavy atom. The van der Waals surface area contributed by atoms with Crippen LogP contribution < -0.4 is 21.3 Å². The molecule has 1 saturated heterocycles. The Labute approximate surface area is 435 Å². The molecule has 6 aromatic rings. The number of carbonyl (C=O) groups is 4. The van der Waals surface area contributed by atoms with Gasteiger partial charge in [0.1, 0.15) is 23.4 Å². The third kappa shape index (κ3) is 12.1. The molecule has 5 heterocycles. The van der Waals surface area contributed by atoms with E-state index in [2.05, 4.69) is 41.6 Å². The summed E-state index contributed by atoms with van der Waals surface area (Å²) < 4.78 is 48.9. The lowest BCUT2D eigenvalue weighted by Crippen LogP contribution is -2.52. The van der Waals surface area contributed by atoms with Crippen molar-refractivity contribution >= 4 is 58.3 Å². The monoisotopic (exact) mass is 1040 g/mol. The third-order valence-corrected chi connectivity index (χ3v) is 13.9. The van der Waals surface area contributed by atoms with Gasteiger partial charge in [-0.1, -0.05) is 41.1 Å². The number of hydrogen-bond donors (Lipinski definition) is 4. The molecule has 10 rings (SSSR count). The molecule has 4 N–H and O–H groups in total. The van der Waals surface area contributed by atoms with Crippen LogP contribution in [-0.4, -0.2) is 117 Å². The standard InChI is InChI=1S/C54H54ClF2N11O7/c55-35-6-14-41-42(27-35)51(49-43(56)2-1-3-44(49)57)59-28-34-29-60-54(64-50(34)41)62-37-7-4-32(5-8-37)45-31-68(66-65-45)39-12-9-36(10-13-39)58-19-21-74-23-25-75-24-22-73-20-18-48(70)61-38-11-15-40-33(26-38)30-67(53(40)72)46-16-17-47(69)63-52(46)71/h1-8,11,14-15,26-27,29,31,36,39,46,58H,9-10,12-13,16-25,28,30H2,(H,61,70)(H,60,62,64)(H,63,69,71)/t36-,39+,46?. The fourth-order valence-corrected chi connectivity index (χ4v) is 10.00. The van der Waals surface area contributed by atoms with Crippen molar-refractivity contribution in [2.24, 2.45) is 4.99 Å². The van der Waals surface area contributed by atoms with Gasteiger partial charge < -0.3 is 35.1 Å². The highest BCUT2D eigenvalue weighted by molar-refractivity contribution is 6.31. The van der Waals surface area contributed by atoms with Gasteiger partial charge in [0, 0.05) is 76.0 Å². The maximum Gasteiger partial charge on any atom is 0.255 e. The van der Waals surface area contributed by atoms with E-state index in [4.69, 9.17) is 30.8 Å². The lowest BCUT2D eigenvalue weighted by Gasteiger charge is -2.29. The van der Waals surface area contributed by atoms with E-state index in [-0.39, 0.29) is 74.0 Å². The van der Waals surface area contributed by atoms with Gasteiger partial charge in [0.05, 0.1) is 81.8 Å². The van der Waals surface area contributed by atoms with Gasteiger partial charge in [-0.05, 0) is 92.3 Å². The number of ether oxygens (including phenoxy) is 3. The summed E-state index contributed by atoms with van der Waals surface area (Å²) in [7, 11) is 0. The summed E-state index contributed by atoms with van der Waals surface area (Å²) >= 11 is 6.38. The number of imide groups is 1. The minimum absolute atomic E-state index is 0.120. The van der Waals surface area contributed by atoms with Crippen molar-refractivity contribution in [3.63, 3.8) is 0 Å².